The Morgan fingerprint density at radius 2 is 2.11 bits per heavy atom. The first-order valence-corrected chi connectivity index (χ1v) is 6.44. The quantitative estimate of drug-likeness (QED) is 0.829. The second kappa shape index (κ2) is 5.61. The van der Waals surface area contributed by atoms with Gasteiger partial charge in [-0.1, -0.05) is 12.1 Å². The van der Waals surface area contributed by atoms with Crippen molar-refractivity contribution in [3.05, 3.63) is 35.6 Å². The Hall–Kier alpha value is -1.56. The summed E-state index contributed by atoms with van der Waals surface area (Å²) in [6, 6.07) is 5.00. The minimum Gasteiger partial charge on any atom is -0.481 e. The van der Waals surface area contributed by atoms with E-state index in [9.17, 15) is 14.0 Å². The van der Waals surface area contributed by atoms with Gasteiger partial charge in [-0.05, 0) is 17.7 Å². The van der Waals surface area contributed by atoms with Crippen LogP contribution in [0.15, 0.2) is 24.3 Å². The van der Waals surface area contributed by atoms with Gasteiger partial charge in [-0.2, -0.15) is 12.6 Å². The summed E-state index contributed by atoms with van der Waals surface area (Å²) in [7, 11) is 0. The molecule has 6 heteroatoms. The van der Waals surface area contributed by atoms with Crippen LogP contribution in [0.25, 0.3) is 0 Å². The smallest absolute Gasteiger partial charge is 0.305 e. The lowest BCUT2D eigenvalue weighted by Gasteiger charge is -2.27. The van der Waals surface area contributed by atoms with Gasteiger partial charge in [0.25, 0.3) is 0 Å². The second-order valence-electron chi connectivity index (χ2n) is 4.57. The maximum absolute atomic E-state index is 12.9. The van der Waals surface area contributed by atoms with Crippen molar-refractivity contribution in [2.75, 3.05) is 6.54 Å². The molecule has 1 N–H and O–H groups in total. The first kappa shape index (κ1) is 13.9. The molecule has 102 valence electrons. The molecule has 1 aliphatic heterocycles. The molecule has 1 saturated heterocycles. The van der Waals surface area contributed by atoms with E-state index >= 15 is 0 Å². The Morgan fingerprint density at radius 3 is 2.58 bits per heavy atom. The number of nitrogens with zero attached hydrogens (tertiary/aromatic N) is 1. The Balaban J connectivity index is 2.28. The second-order valence-corrected chi connectivity index (χ2v) is 5.30. The lowest BCUT2D eigenvalue weighted by atomic mass is 10.0. The summed E-state index contributed by atoms with van der Waals surface area (Å²) in [4.78, 5) is 24.3. The normalized spacial score (nSPS) is 20.6. The predicted molar refractivity (Wildman–Crippen MR) is 70.5 cm³/mol. The largest absolute Gasteiger partial charge is 0.481 e. The molecule has 0 aliphatic carbocycles. The minimum absolute atomic E-state index is 0.0794. The first-order valence-electron chi connectivity index (χ1n) is 5.92. The summed E-state index contributed by atoms with van der Waals surface area (Å²) >= 11 is 4.26. The number of hydrogen-bond acceptors (Lipinski definition) is 3. The maximum atomic E-state index is 12.9. The zero-order valence-electron chi connectivity index (χ0n) is 10.1. The van der Waals surface area contributed by atoms with Gasteiger partial charge >= 0.3 is 5.97 Å². The van der Waals surface area contributed by atoms with Gasteiger partial charge in [-0.15, -0.1) is 0 Å². The lowest BCUT2D eigenvalue weighted by molar-refractivity contribution is -0.139. The molecular weight excluding hydrogens is 269 g/mol. The van der Waals surface area contributed by atoms with Crippen LogP contribution in [0, 0.1) is 5.82 Å². The summed E-state index contributed by atoms with van der Waals surface area (Å²) in [5, 5.41) is 8.90. The highest BCUT2D eigenvalue weighted by Gasteiger charge is 2.34. The van der Waals surface area contributed by atoms with Crippen molar-refractivity contribution in [2.24, 2.45) is 0 Å². The SMILES string of the molecule is O=C(O)CC(c1ccc(F)cc1)N1CC(S)CC1=O. The van der Waals surface area contributed by atoms with E-state index in [4.69, 9.17) is 5.11 Å². The Kier molecular flexibility index (Phi) is 4.09. The van der Waals surface area contributed by atoms with E-state index in [2.05, 4.69) is 12.6 Å². The van der Waals surface area contributed by atoms with Crippen molar-refractivity contribution in [2.45, 2.75) is 24.1 Å². The number of aliphatic carboxylic acids is 1. The number of halogens is 1. The van der Waals surface area contributed by atoms with Gasteiger partial charge in [-0.25, -0.2) is 4.39 Å². The van der Waals surface area contributed by atoms with E-state index in [0.717, 1.165) is 0 Å². The zero-order valence-corrected chi connectivity index (χ0v) is 11.0. The third-order valence-electron chi connectivity index (χ3n) is 3.14. The highest BCUT2D eigenvalue weighted by Crippen LogP contribution is 2.30. The van der Waals surface area contributed by atoms with Crippen LogP contribution in [0.4, 0.5) is 4.39 Å². The third-order valence-corrected chi connectivity index (χ3v) is 3.48. The Bertz CT molecular complexity index is 491. The molecule has 2 unspecified atom stereocenters. The molecule has 1 fully saturated rings. The van der Waals surface area contributed by atoms with Crippen molar-refractivity contribution in [3.63, 3.8) is 0 Å². The van der Waals surface area contributed by atoms with Gasteiger partial charge in [0.05, 0.1) is 12.5 Å². The molecule has 0 aromatic heterocycles. The van der Waals surface area contributed by atoms with Crippen LogP contribution in [0.3, 0.4) is 0 Å². The van der Waals surface area contributed by atoms with Crippen molar-refractivity contribution in [1.29, 1.82) is 0 Å². The molecule has 1 heterocycles. The van der Waals surface area contributed by atoms with Crippen molar-refractivity contribution >= 4 is 24.5 Å². The fourth-order valence-corrected chi connectivity index (χ4v) is 2.60. The number of benzene rings is 1. The van der Waals surface area contributed by atoms with Crippen LogP contribution in [0.5, 0.6) is 0 Å². The number of amides is 1. The van der Waals surface area contributed by atoms with Crippen molar-refractivity contribution in [1.82, 2.24) is 4.90 Å². The fourth-order valence-electron chi connectivity index (χ4n) is 2.27. The average Bonchev–Trinajstić information content (AvgIpc) is 2.66. The van der Waals surface area contributed by atoms with E-state index in [1.807, 2.05) is 0 Å². The van der Waals surface area contributed by atoms with Gasteiger partial charge in [0.2, 0.25) is 5.91 Å². The van der Waals surface area contributed by atoms with Gasteiger partial charge in [0.1, 0.15) is 5.82 Å². The number of thiol groups is 1. The monoisotopic (exact) mass is 283 g/mol. The van der Waals surface area contributed by atoms with Crippen LogP contribution in [0.1, 0.15) is 24.4 Å². The number of carbonyl (C=O) groups excluding carboxylic acids is 1. The highest BCUT2D eigenvalue weighted by atomic mass is 32.1. The van der Waals surface area contributed by atoms with Crippen LogP contribution in [0.2, 0.25) is 0 Å². The molecule has 0 radical (unpaired) electrons. The van der Waals surface area contributed by atoms with Crippen LogP contribution < -0.4 is 0 Å². The fraction of sp³-hybridized carbons (Fsp3) is 0.385. The van der Waals surface area contributed by atoms with Crippen molar-refractivity contribution < 1.29 is 19.1 Å². The number of carboxylic acid groups (broad SMARTS) is 1. The van der Waals surface area contributed by atoms with E-state index in [1.165, 1.54) is 29.2 Å². The summed E-state index contributed by atoms with van der Waals surface area (Å²) in [5.41, 5.74) is 0.625. The first-order chi connectivity index (χ1) is 8.97. The minimum atomic E-state index is -0.996. The standard InChI is InChI=1S/C13H14FNO3S/c14-9-3-1-8(2-4-9)11(6-13(17)18)15-7-10(19)5-12(15)16/h1-4,10-11,19H,5-7H2,(H,17,18). The van der Waals surface area contributed by atoms with Gasteiger partial charge in [0.15, 0.2) is 0 Å². The molecule has 1 amide bonds. The van der Waals surface area contributed by atoms with E-state index in [-0.39, 0.29) is 17.6 Å². The molecule has 0 bridgehead atoms. The summed E-state index contributed by atoms with van der Waals surface area (Å²) in [6.07, 6.45) is 0.109. The molecule has 2 atom stereocenters. The Morgan fingerprint density at radius 1 is 1.47 bits per heavy atom. The third kappa shape index (κ3) is 3.26. The predicted octanol–water partition coefficient (Wildman–Crippen LogP) is 1.87. The van der Waals surface area contributed by atoms with Gasteiger partial charge in [-0.3, -0.25) is 9.59 Å². The number of hydrogen-bond donors (Lipinski definition) is 2. The molecule has 2 rings (SSSR count). The molecule has 1 aliphatic rings. The van der Waals surface area contributed by atoms with Crippen LogP contribution in [-0.4, -0.2) is 33.7 Å². The van der Waals surface area contributed by atoms with Gasteiger partial charge < -0.3 is 10.0 Å². The summed E-state index contributed by atoms with van der Waals surface area (Å²) in [6.45, 7) is 0.414. The number of carbonyl (C=O) groups is 2. The lowest BCUT2D eigenvalue weighted by Crippen LogP contribution is -2.32. The van der Waals surface area contributed by atoms with Crippen molar-refractivity contribution in [3.8, 4) is 0 Å². The molecule has 1 aromatic carbocycles. The molecule has 1 aromatic rings. The van der Waals surface area contributed by atoms with Crippen LogP contribution in [-0.2, 0) is 9.59 Å². The number of likely N-dealkylation sites (tertiary alicyclic amines) is 1. The van der Waals surface area contributed by atoms with E-state index < -0.39 is 17.8 Å². The molecule has 4 nitrogen and oxygen atoms in total. The van der Waals surface area contributed by atoms with E-state index in [1.54, 1.807) is 0 Å². The van der Waals surface area contributed by atoms with Gasteiger partial charge in [0, 0.05) is 18.2 Å². The number of carboxylic acids is 1. The number of rotatable bonds is 4. The maximum Gasteiger partial charge on any atom is 0.305 e. The summed E-state index contributed by atoms with van der Waals surface area (Å²) in [5.74, 6) is -1.50. The molecule has 0 saturated carbocycles. The molecular formula is C13H14FNO3S. The van der Waals surface area contributed by atoms with E-state index in [0.29, 0.717) is 18.5 Å². The molecule has 0 spiro atoms. The van der Waals surface area contributed by atoms with Crippen LogP contribution >= 0.6 is 12.6 Å². The summed E-state index contributed by atoms with van der Waals surface area (Å²) < 4.78 is 12.9. The Labute approximate surface area is 115 Å². The zero-order chi connectivity index (χ0) is 14.0. The molecule has 19 heavy (non-hydrogen) atoms. The average molecular weight is 283 g/mol. The highest BCUT2D eigenvalue weighted by molar-refractivity contribution is 7.81. The topological polar surface area (TPSA) is 57.6 Å².